The first-order valence-electron chi connectivity index (χ1n) is 11.0. The molecule has 1 amide bonds. The zero-order chi connectivity index (χ0) is 24.2. The van der Waals surface area contributed by atoms with Crippen LogP contribution in [0.4, 0.5) is 0 Å². The predicted octanol–water partition coefficient (Wildman–Crippen LogP) is 4.42. The summed E-state index contributed by atoms with van der Waals surface area (Å²) in [5.74, 6) is -0.347. The average molecular weight is 459 g/mol. The molecule has 1 aliphatic heterocycles. The van der Waals surface area contributed by atoms with Gasteiger partial charge in [0, 0.05) is 24.5 Å². The van der Waals surface area contributed by atoms with E-state index in [1.54, 1.807) is 68.0 Å². The number of aliphatic hydroxyl groups excluding tert-OH is 1. The maximum atomic E-state index is 13.2. The molecule has 1 aromatic heterocycles. The molecule has 1 aliphatic rings. The second kappa shape index (κ2) is 9.79. The summed E-state index contributed by atoms with van der Waals surface area (Å²) in [6.07, 6.45) is 3.27. The number of ketones is 1. The maximum absolute atomic E-state index is 13.2. The fourth-order valence-corrected chi connectivity index (χ4v) is 4.16. The minimum Gasteiger partial charge on any atom is -0.507 e. The summed E-state index contributed by atoms with van der Waals surface area (Å²) in [5, 5.41) is 11.3. The molecule has 4 rings (SSSR count). The van der Waals surface area contributed by atoms with Crippen LogP contribution in [0.3, 0.4) is 0 Å². The van der Waals surface area contributed by atoms with Gasteiger partial charge in [0.1, 0.15) is 17.3 Å². The Labute approximate surface area is 198 Å². The lowest BCUT2D eigenvalue weighted by atomic mass is 9.94. The van der Waals surface area contributed by atoms with Crippen LogP contribution in [0.15, 0.2) is 72.6 Å². The molecule has 2 heterocycles. The molecule has 0 radical (unpaired) electrons. The Morgan fingerprint density at radius 1 is 1.09 bits per heavy atom. The highest BCUT2D eigenvalue weighted by Gasteiger charge is 2.46. The lowest BCUT2D eigenvalue weighted by Crippen LogP contribution is -2.29. The van der Waals surface area contributed by atoms with E-state index in [2.05, 4.69) is 4.98 Å². The summed E-state index contributed by atoms with van der Waals surface area (Å²) in [7, 11) is 1.55. The van der Waals surface area contributed by atoms with E-state index in [9.17, 15) is 14.7 Å². The quantitative estimate of drug-likeness (QED) is 0.320. The fourth-order valence-electron chi connectivity index (χ4n) is 4.16. The minimum absolute atomic E-state index is 0.0378. The number of aliphatic hydroxyl groups is 1. The summed E-state index contributed by atoms with van der Waals surface area (Å²) in [6, 6.07) is 15.1. The molecule has 3 aromatic rings. The molecule has 0 bridgehead atoms. The van der Waals surface area contributed by atoms with Gasteiger partial charge in [-0.2, -0.15) is 0 Å². The number of likely N-dealkylation sites (tertiary alicyclic amines) is 1. The summed E-state index contributed by atoms with van der Waals surface area (Å²) in [6.45, 7) is 4.46. The number of carbonyl (C=O) groups is 2. The monoisotopic (exact) mass is 458 g/mol. The molecule has 2 aromatic carbocycles. The van der Waals surface area contributed by atoms with E-state index in [1.807, 2.05) is 19.9 Å². The Balaban J connectivity index is 1.85. The van der Waals surface area contributed by atoms with Crippen molar-refractivity contribution < 1.29 is 24.2 Å². The minimum atomic E-state index is -0.782. The largest absolute Gasteiger partial charge is 0.507 e. The van der Waals surface area contributed by atoms with Gasteiger partial charge >= 0.3 is 0 Å². The molecule has 7 nitrogen and oxygen atoms in total. The van der Waals surface area contributed by atoms with Crippen molar-refractivity contribution in [2.24, 2.45) is 0 Å². The number of hydrogen-bond acceptors (Lipinski definition) is 6. The summed E-state index contributed by atoms with van der Waals surface area (Å²) >= 11 is 0. The van der Waals surface area contributed by atoms with Gasteiger partial charge in [-0.1, -0.05) is 12.1 Å². The Kier molecular flexibility index (Phi) is 6.63. The molecule has 34 heavy (non-hydrogen) atoms. The Morgan fingerprint density at radius 2 is 1.85 bits per heavy atom. The van der Waals surface area contributed by atoms with Gasteiger partial charge in [0.05, 0.1) is 25.3 Å². The van der Waals surface area contributed by atoms with E-state index in [-0.39, 0.29) is 17.9 Å². The lowest BCUT2D eigenvalue weighted by Gasteiger charge is -2.25. The van der Waals surface area contributed by atoms with Crippen molar-refractivity contribution in [3.05, 3.63) is 94.8 Å². The Hall–Kier alpha value is -4.13. The molecule has 1 fully saturated rings. The Morgan fingerprint density at radius 3 is 2.53 bits per heavy atom. The topological polar surface area (TPSA) is 89.0 Å². The standard InChI is InChI=1S/C27H26N2O5/c1-4-34-22-9-8-20(14-17(22)2)25(30)23-24(19-6-5-7-21(15-19)33-3)29(27(32)26(23)31)16-18-10-12-28-13-11-18/h5-15,24,30H,4,16H2,1-3H3/b25-23-. The van der Waals surface area contributed by atoms with E-state index in [0.29, 0.717) is 29.2 Å². The van der Waals surface area contributed by atoms with Crippen LogP contribution in [0.2, 0.25) is 0 Å². The van der Waals surface area contributed by atoms with Crippen LogP contribution in [-0.2, 0) is 16.1 Å². The molecule has 0 aliphatic carbocycles. The second-order valence-corrected chi connectivity index (χ2v) is 7.97. The van der Waals surface area contributed by atoms with Crippen LogP contribution in [0.5, 0.6) is 11.5 Å². The number of aromatic nitrogens is 1. The highest BCUT2D eigenvalue weighted by atomic mass is 16.5. The number of carbonyl (C=O) groups excluding carboxylic acids is 2. The first-order valence-corrected chi connectivity index (χ1v) is 11.0. The van der Waals surface area contributed by atoms with Crippen molar-refractivity contribution in [2.45, 2.75) is 26.4 Å². The van der Waals surface area contributed by atoms with Gasteiger partial charge in [-0.05, 0) is 73.0 Å². The molecule has 1 saturated heterocycles. The number of amides is 1. The number of pyridine rings is 1. The van der Waals surface area contributed by atoms with Crippen LogP contribution < -0.4 is 9.47 Å². The zero-order valence-corrected chi connectivity index (χ0v) is 19.3. The first kappa shape index (κ1) is 23.0. The third-order valence-electron chi connectivity index (χ3n) is 5.80. The Bertz CT molecular complexity index is 1250. The molecule has 0 spiro atoms. The van der Waals surface area contributed by atoms with Crippen molar-refractivity contribution in [3.8, 4) is 11.5 Å². The van der Waals surface area contributed by atoms with Crippen molar-refractivity contribution in [1.29, 1.82) is 0 Å². The smallest absolute Gasteiger partial charge is 0.295 e. The number of rotatable bonds is 7. The van der Waals surface area contributed by atoms with Gasteiger partial charge in [-0.3, -0.25) is 14.6 Å². The molecular weight excluding hydrogens is 432 g/mol. The van der Waals surface area contributed by atoms with Crippen LogP contribution >= 0.6 is 0 Å². The van der Waals surface area contributed by atoms with Gasteiger partial charge in [-0.25, -0.2) is 0 Å². The highest BCUT2D eigenvalue weighted by Crippen LogP contribution is 2.41. The van der Waals surface area contributed by atoms with Crippen LogP contribution in [-0.4, -0.2) is 40.4 Å². The maximum Gasteiger partial charge on any atom is 0.295 e. The van der Waals surface area contributed by atoms with Crippen molar-refractivity contribution in [1.82, 2.24) is 9.88 Å². The van der Waals surface area contributed by atoms with Gasteiger partial charge in [0.2, 0.25) is 0 Å². The van der Waals surface area contributed by atoms with Crippen molar-refractivity contribution in [3.63, 3.8) is 0 Å². The van der Waals surface area contributed by atoms with Gasteiger partial charge in [0.25, 0.3) is 11.7 Å². The number of methoxy groups -OCH3 is 1. The van der Waals surface area contributed by atoms with Crippen LogP contribution in [0.1, 0.15) is 35.2 Å². The molecule has 0 saturated carbocycles. The molecule has 174 valence electrons. The number of nitrogens with zero attached hydrogens (tertiary/aromatic N) is 2. The lowest BCUT2D eigenvalue weighted by molar-refractivity contribution is -0.140. The van der Waals surface area contributed by atoms with Gasteiger partial charge in [-0.15, -0.1) is 0 Å². The predicted molar refractivity (Wildman–Crippen MR) is 127 cm³/mol. The van der Waals surface area contributed by atoms with E-state index >= 15 is 0 Å². The van der Waals surface area contributed by atoms with E-state index in [1.165, 1.54) is 4.90 Å². The SMILES string of the molecule is CCOc1ccc(/C(O)=C2/C(=O)C(=O)N(Cc3ccncc3)C2c2cccc(OC)c2)cc1C. The number of aryl methyl sites for hydroxylation is 1. The molecule has 1 unspecified atom stereocenters. The van der Waals surface area contributed by atoms with Crippen LogP contribution in [0.25, 0.3) is 5.76 Å². The third-order valence-corrected chi connectivity index (χ3v) is 5.80. The zero-order valence-electron chi connectivity index (χ0n) is 19.3. The first-order chi connectivity index (χ1) is 16.4. The third kappa shape index (κ3) is 4.37. The molecule has 7 heteroatoms. The molecule has 1 N–H and O–H groups in total. The summed E-state index contributed by atoms with van der Waals surface area (Å²) in [4.78, 5) is 31.9. The normalized spacial score (nSPS) is 17.1. The van der Waals surface area contributed by atoms with Gasteiger partial charge < -0.3 is 19.5 Å². The van der Waals surface area contributed by atoms with Crippen molar-refractivity contribution in [2.75, 3.05) is 13.7 Å². The van der Waals surface area contributed by atoms with Crippen LogP contribution in [0, 0.1) is 6.92 Å². The summed E-state index contributed by atoms with van der Waals surface area (Å²) in [5.41, 5.74) is 2.78. The van der Waals surface area contributed by atoms with E-state index < -0.39 is 17.7 Å². The molecular formula is C27H26N2O5. The van der Waals surface area contributed by atoms with E-state index in [4.69, 9.17) is 9.47 Å². The fraction of sp³-hybridized carbons (Fsp3) is 0.222. The van der Waals surface area contributed by atoms with E-state index in [0.717, 1.165) is 11.1 Å². The highest BCUT2D eigenvalue weighted by molar-refractivity contribution is 6.46. The number of Topliss-reactive ketones (excluding diaryl/α,β-unsaturated/α-hetero) is 1. The summed E-state index contributed by atoms with van der Waals surface area (Å²) < 4.78 is 11.0. The number of benzene rings is 2. The average Bonchev–Trinajstić information content (AvgIpc) is 3.10. The van der Waals surface area contributed by atoms with Crippen molar-refractivity contribution >= 4 is 17.4 Å². The molecule has 1 atom stereocenters. The second-order valence-electron chi connectivity index (χ2n) is 7.97. The number of hydrogen-bond donors (Lipinski definition) is 1. The van der Waals surface area contributed by atoms with Gasteiger partial charge in [0.15, 0.2) is 0 Å². The number of ether oxygens (including phenoxy) is 2.